The number of hydrogen-bond donors (Lipinski definition) is 1. The lowest BCUT2D eigenvalue weighted by molar-refractivity contribution is -0.0414. The zero-order chi connectivity index (χ0) is 10.1. The second-order valence-corrected chi connectivity index (χ2v) is 5.85. The Balaban J connectivity index is 1.56. The Hall–Kier alpha value is -0.0800. The van der Waals surface area contributed by atoms with Crippen molar-refractivity contribution >= 4 is 0 Å². The molecule has 1 aliphatic carbocycles. The number of piperidine rings is 1. The second kappa shape index (κ2) is 4.06. The molecule has 1 saturated carbocycles. The molecule has 1 atom stereocenters. The molecule has 1 spiro atoms. The number of hydrogen-bond acceptors (Lipinski definition) is 2. The van der Waals surface area contributed by atoms with Gasteiger partial charge in [-0.15, -0.1) is 0 Å². The van der Waals surface area contributed by atoms with Gasteiger partial charge < -0.3 is 5.32 Å². The van der Waals surface area contributed by atoms with Crippen LogP contribution in [0.2, 0.25) is 0 Å². The highest BCUT2D eigenvalue weighted by Crippen LogP contribution is 2.38. The lowest BCUT2D eigenvalue weighted by Gasteiger charge is -2.56. The quantitative estimate of drug-likeness (QED) is 0.747. The average Bonchev–Trinajstić information content (AvgIpc) is 2.78. The van der Waals surface area contributed by atoms with E-state index in [1.807, 2.05) is 0 Å². The fraction of sp³-hybridized carbons (Fsp3) is 1.00. The van der Waals surface area contributed by atoms with E-state index in [4.69, 9.17) is 0 Å². The van der Waals surface area contributed by atoms with Crippen LogP contribution in [0.15, 0.2) is 0 Å². The molecule has 0 radical (unpaired) electrons. The number of nitrogens with one attached hydrogen (secondary N) is 1. The van der Waals surface area contributed by atoms with Gasteiger partial charge in [0.1, 0.15) is 0 Å². The van der Waals surface area contributed by atoms with E-state index in [-0.39, 0.29) is 0 Å². The summed E-state index contributed by atoms with van der Waals surface area (Å²) < 4.78 is 0. The first kappa shape index (κ1) is 10.1. The Kier molecular flexibility index (Phi) is 2.73. The van der Waals surface area contributed by atoms with Crippen molar-refractivity contribution in [3.8, 4) is 0 Å². The highest BCUT2D eigenvalue weighted by molar-refractivity contribution is 5.03. The highest BCUT2D eigenvalue weighted by Gasteiger charge is 2.45. The number of likely N-dealkylation sites (tertiary alicyclic amines) is 1. The van der Waals surface area contributed by atoms with Gasteiger partial charge in [0.25, 0.3) is 0 Å². The molecule has 3 rings (SSSR count). The van der Waals surface area contributed by atoms with Crippen molar-refractivity contribution < 1.29 is 0 Å². The van der Waals surface area contributed by atoms with Crippen LogP contribution in [-0.2, 0) is 0 Å². The average molecular weight is 208 g/mol. The minimum Gasteiger partial charge on any atom is -0.315 e. The maximum absolute atomic E-state index is 3.59. The van der Waals surface area contributed by atoms with Gasteiger partial charge >= 0.3 is 0 Å². The summed E-state index contributed by atoms with van der Waals surface area (Å²) in [5, 5.41) is 3.59. The van der Waals surface area contributed by atoms with Crippen LogP contribution in [0.3, 0.4) is 0 Å². The molecule has 0 bridgehead atoms. The van der Waals surface area contributed by atoms with Crippen molar-refractivity contribution in [3.05, 3.63) is 0 Å². The van der Waals surface area contributed by atoms with E-state index in [0.29, 0.717) is 5.54 Å². The summed E-state index contributed by atoms with van der Waals surface area (Å²) in [5.74, 6) is 1.03. The Morgan fingerprint density at radius 3 is 2.60 bits per heavy atom. The molecule has 1 N–H and O–H groups in total. The number of rotatable bonds is 2. The van der Waals surface area contributed by atoms with E-state index in [9.17, 15) is 0 Å². The Morgan fingerprint density at radius 1 is 1.13 bits per heavy atom. The lowest BCUT2D eigenvalue weighted by atomic mass is 9.77. The smallest absolute Gasteiger partial charge is 0.0346 e. The predicted octanol–water partition coefficient (Wildman–Crippen LogP) is 2.00. The van der Waals surface area contributed by atoms with Crippen LogP contribution in [0.1, 0.15) is 44.9 Å². The molecule has 1 unspecified atom stereocenters. The fourth-order valence-corrected chi connectivity index (χ4v) is 3.81. The van der Waals surface area contributed by atoms with E-state index in [0.717, 1.165) is 5.92 Å². The Morgan fingerprint density at radius 2 is 2.00 bits per heavy atom. The molecule has 3 aliphatic rings. The van der Waals surface area contributed by atoms with Crippen LogP contribution in [0.4, 0.5) is 0 Å². The Bertz CT molecular complexity index is 215. The van der Waals surface area contributed by atoms with Crippen LogP contribution < -0.4 is 5.32 Å². The standard InChI is InChI=1S/C13H24N2/c1-2-5-12(4-1)10-15-9-7-13(15)6-3-8-14-11-13/h12,14H,1-11H2. The van der Waals surface area contributed by atoms with Crippen LogP contribution >= 0.6 is 0 Å². The summed E-state index contributed by atoms with van der Waals surface area (Å²) in [4.78, 5) is 2.80. The molecule has 0 aromatic carbocycles. The zero-order valence-electron chi connectivity index (χ0n) is 9.80. The largest absolute Gasteiger partial charge is 0.315 e. The third kappa shape index (κ3) is 1.83. The van der Waals surface area contributed by atoms with Gasteiger partial charge in [-0.2, -0.15) is 0 Å². The fourth-order valence-electron chi connectivity index (χ4n) is 3.81. The summed E-state index contributed by atoms with van der Waals surface area (Å²) in [6.45, 7) is 5.29. The molecule has 2 aliphatic heterocycles. The van der Waals surface area contributed by atoms with Gasteiger partial charge in [-0.05, 0) is 44.6 Å². The summed E-state index contributed by atoms with van der Waals surface area (Å²) in [6, 6.07) is 0. The topological polar surface area (TPSA) is 15.3 Å². The van der Waals surface area contributed by atoms with Crippen molar-refractivity contribution in [3.63, 3.8) is 0 Å². The van der Waals surface area contributed by atoms with Crippen LogP contribution in [-0.4, -0.2) is 36.6 Å². The molecular weight excluding hydrogens is 184 g/mol. The van der Waals surface area contributed by atoms with Crippen molar-refractivity contribution in [1.29, 1.82) is 0 Å². The SMILES string of the molecule is C1CCC(CN2CCC23CCCNC3)C1. The first-order valence-electron chi connectivity index (χ1n) is 6.85. The molecule has 2 saturated heterocycles. The molecular formula is C13H24N2. The van der Waals surface area contributed by atoms with Crippen LogP contribution in [0, 0.1) is 5.92 Å². The van der Waals surface area contributed by atoms with Crippen molar-refractivity contribution in [2.45, 2.75) is 50.5 Å². The third-order valence-electron chi connectivity index (χ3n) is 4.92. The zero-order valence-corrected chi connectivity index (χ0v) is 9.80. The van der Waals surface area contributed by atoms with Crippen molar-refractivity contribution in [1.82, 2.24) is 10.2 Å². The van der Waals surface area contributed by atoms with Crippen molar-refractivity contribution in [2.75, 3.05) is 26.2 Å². The van der Waals surface area contributed by atoms with Gasteiger partial charge in [-0.25, -0.2) is 0 Å². The predicted molar refractivity (Wildman–Crippen MR) is 63.0 cm³/mol. The van der Waals surface area contributed by atoms with E-state index in [1.165, 1.54) is 71.1 Å². The minimum absolute atomic E-state index is 0.598. The van der Waals surface area contributed by atoms with Gasteiger partial charge in [0.2, 0.25) is 0 Å². The monoisotopic (exact) mass is 208 g/mol. The highest BCUT2D eigenvalue weighted by atomic mass is 15.3. The summed E-state index contributed by atoms with van der Waals surface area (Å²) >= 11 is 0. The second-order valence-electron chi connectivity index (χ2n) is 5.85. The first-order chi connectivity index (χ1) is 7.39. The normalized spacial score (nSPS) is 38.4. The van der Waals surface area contributed by atoms with Gasteiger partial charge in [0, 0.05) is 25.2 Å². The summed E-state index contributed by atoms with van der Waals surface area (Å²) in [7, 11) is 0. The maximum atomic E-state index is 3.59. The van der Waals surface area contributed by atoms with E-state index in [1.54, 1.807) is 0 Å². The molecule has 15 heavy (non-hydrogen) atoms. The molecule has 3 fully saturated rings. The molecule has 86 valence electrons. The van der Waals surface area contributed by atoms with Gasteiger partial charge in [0.15, 0.2) is 0 Å². The van der Waals surface area contributed by atoms with Gasteiger partial charge in [-0.1, -0.05) is 12.8 Å². The molecule has 0 aromatic heterocycles. The van der Waals surface area contributed by atoms with E-state index in [2.05, 4.69) is 10.2 Å². The third-order valence-corrected chi connectivity index (χ3v) is 4.92. The number of nitrogens with zero attached hydrogens (tertiary/aromatic N) is 1. The Labute approximate surface area is 93.4 Å². The summed E-state index contributed by atoms with van der Waals surface area (Å²) in [6.07, 6.45) is 10.3. The summed E-state index contributed by atoms with van der Waals surface area (Å²) in [5.41, 5.74) is 0.598. The van der Waals surface area contributed by atoms with Crippen molar-refractivity contribution in [2.24, 2.45) is 5.92 Å². The van der Waals surface area contributed by atoms with E-state index < -0.39 is 0 Å². The molecule has 0 aromatic rings. The van der Waals surface area contributed by atoms with Gasteiger partial charge in [-0.3, -0.25) is 4.90 Å². The molecule has 2 heterocycles. The minimum atomic E-state index is 0.598. The van der Waals surface area contributed by atoms with Crippen LogP contribution in [0.5, 0.6) is 0 Å². The first-order valence-corrected chi connectivity index (χ1v) is 6.85. The van der Waals surface area contributed by atoms with E-state index >= 15 is 0 Å². The molecule has 2 heteroatoms. The molecule has 0 amide bonds. The molecule has 2 nitrogen and oxygen atoms in total. The van der Waals surface area contributed by atoms with Gasteiger partial charge in [0.05, 0.1) is 0 Å². The lowest BCUT2D eigenvalue weighted by Crippen LogP contribution is -2.66. The van der Waals surface area contributed by atoms with Crippen LogP contribution in [0.25, 0.3) is 0 Å². The maximum Gasteiger partial charge on any atom is 0.0346 e.